The number of hydrogen-bond acceptors (Lipinski definition) is 0. The molecule has 1 aliphatic heterocycles. The molecule has 1 heterocycles. The smallest absolute Gasteiger partial charge is 0.198 e. The van der Waals surface area contributed by atoms with E-state index in [1.807, 2.05) is 6.07 Å². The summed E-state index contributed by atoms with van der Waals surface area (Å²) in [5, 5.41) is 0. The summed E-state index contributed by atoms with van der Waals surface area (Å²) in [6.07, 6.45) is 2.26. The Hall–Kier alpha value is -2.15. The van der Waals surface area contributed by atoms with Gasteiger partial charge in [-0.2, -0.15) is 4.58 Å². The molecule has 1 heteroatoms. The maximum absolute atomic E-state index is 2.26. The van der Waals surface area contributed by atoms with Crippen LogP contribution >= 0.6 is 0 Å². The van der Waals surface area contributed by atoms with E-state index in [4.69, 9.17) is 0 Å². The summed E-state index contributed by atoms with van der Waals surface area (Å²) >= 11 is 0. The number of hydrogen-bond donors (Lipinski definition) is 0. The second kappa shape index (κ2) is 4.26. The maximum Gasteiger partial charge on any atom is 0.213 e. The maximum atomic E-state index is 2.26. The summed E-state index contributed by atoms with van der Waals surface area (Å²) in [5.41, 5.74) is 6.48. The first-order valence-electron chi connectivity index (χ1n) is 6.21. The lowest BCUT2D eigenvalue weighted by molar-refractivity contribution is -0.401. The second-order valence-electron chi connectivity index (χ2n) is 4.63. The van der Waals surface area contributed by atoms with Crippen molar-refractivity contribution in [3.05, 3.63) is 65.7 Å². The molecule has 0 N–H and O–H groups in total. The molecular weight excluding hydrogens is 218 g/mol. The van der Waals surface area contributed by atoms with Crippen LogP contribution in [0.4, 0.5) is 5.69 Å². The predicted molar refractivity (Wildman–Crippen MR) is 77.3 cm³/mol. The molecule has 18 heavy (non-hydrogen) atoms. The molecular formula is C17H16N+. The molecule has 0 saturated carbocycles. The molecule has 0 atom stereocenters. The number of rotatable bonds is 1. The van der Waals surface area contributed by atoms with Gasteiger partial charge in [0.05, 0.1) is 11.1 Å². The fraction of sp³-hybridized carbons (Fsp3) is 0.118. The molecule has 0 unspecified atom stereocenters. The molecule has 0 amide bonds. The summed E-state index contributed by atoms with van der Waals surface area (Å²) in [6.45, 7) is 2.18. The molecule has 1 nitrogen and oxygen atoms in total. The average molecular weight is 234 g/mol. The topological polar surface area (TPSA) is 3.01 Å². The number of benzene rings is 2. The van der Waals surface area contributed by atoms with Gasteiger partial charge in [0.1, 0.15) is 7.05 Å². The van der Waals surface area contributed by atoms with Crippen molar-refractivity contribution in [2.75, 3.05) is 7.05 Å². The number of allylic oxidation sites excluding steroid dienone is 1. The Balaban J connectivity index is 2.17. The molecule has 3 rings (SSSR count). The first-order chi connectivity index (χ1) is 8.77. The van der Waals surface area contributed by atoms with Crippen LogP contribution in [0.5, 0.6) is 0 Å². The van der Waals surface area contributed by atoms with Crippen molar-refractivity contribution in [1.29, 1.82) is 0 Å². The fourth-order valence-electron chi connectivity index (χ4n) is 2.45. The molecule has 2 aromatic rings. The Morgan fingerprint density at radius 3 is 2.33 bits per heavy atom. The zero-order chi connectivity index (χ0) is 12.5. The third-order valence-electron chi connectivity index (χ3n) is 3.56. The van der Waals surface area contributed by atoms with Gasteiger partial charge < -0.3 is 0 Å². The van der Waals surface area contributed by atoms with Crippen LogP contribution in [0, 0.1) is 0 Å². The van der Waals surface area contributed by atoms with Crippen molar-refractivity contribution in [2.24, 2.45) is 0 Å². The quantitative estimate of drug-likeness (QED) is 0.657. The monoisotopic (exact) mass is 234 g/mol. The first-order valence-corrected chi connectivity index (χ1v) is 6.21. The summed E-state index contributed by atoms with van der Waals surface area (Å²) in [7, 11) is 2.12. The summed E-state index contributed by atoms with van der Waals surface area (Å²) in [6, 6.07) is 19.0. The SMILES string of the molecule is CC1=[N+](C)c2ccccc2/C1=C\c1ccccc1. The van der Waals surface area contributed by atoms with Gasteiger partial charge in [0, 0.05) is 13.0 Å². The summed E-state index contributed by atoms with van der Waals surface area (Å²) in [4.78, 5) is 0. The van der Waals surface area contributed by atoms with Gasteiger partial charge in [-0.25, -0.2) is 0 Å². The van der Waals surface area contributed by atoms with Crippen molar-refractivity contribution in [3.8, 4) is 0 Å². The van der Waals surface area contributed by atoms with E-state index in [1.165, 1.54) is 28.1 Å². The average Bonchev–Trinajstić information content (AvgIpc) is 2.66. The fourth-order valence-corrected chi connectivity index (χ4v) is 2.45. The molecule has 88 valence electrons. The van der Waals surface area contributed by atoms with Crippen molar-refractivity contribution < 1.29 is 4.58 Å². The second-order valence-corrected chi connectivity index (χ2v) is 4.63. The van der Waals surface area contributed by atoms with Crippen LogP contribution in [0.1, 0.15) is 18.1 Å². The van der Waals surface area contributed by atoms with Gasteiger partial charge in [0.2, 0.25) is 5.69 Å². The highest BCUT2D eigenvalue weighted by Crippen LogP contribution is 2.34. The third-order valence-corrected chi connectivity index (χ3v) is 3.56. The highest BCUT2D eigenvalue weighted by atomic mass is 15.0. The Labute approximate surface area is 108 Å². The van der Waals surface area contributed by atoms with E-state index >= 15 is 0 Å². The first kappa shape index (κ1) is 11.0. The van der Waals surface area contributed by atoms with Gasteiger partial charge in [-0.05, 0) is 17.7 Å². The number of nitrogens with zero attached hydrogens (tertiary/aromatic N) is 1. The summed E-state index contributed by atoms with van der Waals surface area (Å²) < 4.78 is 2.25. The van der Waals surface area contributed by atoms with E-state index in [-0.39, 0.29) is 0 Å². The van der Waals surface area contributed by atoms with E-state index in [1.54, 1.807) is 0 Å². The van der Waals surface area contributed by atoms with Crippen LogP contribution in [0.2, 0.25) is 0 Å². The lowest BCUT2D eigenvalue weighted by atomic mass is 10.0. The van der Waals surface area contributed by atoms with E-state index in [0.717, 1.165) is 0 Å². The van der Waals surface area contributed by atoms with Crippen molar-refractivity contribution >= 4 is 23.0 Å². The van der Waals surface area contributed by atoms with E-state index < -0.39 is 0 Å². The van der Waals surface area contributed by atoms with Gasteiger partial charge in [-0.3, -0.25) is 0 Å². The minimum absolute atomic E-state index is 1.25. The molecule has 0 spiro atoms. The van der Waals surface area contributed by atoms with Crippen LogP contribution in [-0.4, -0.2) is 17.3 Å². The highest BCUT2D eigenvalue weighted by Gasteiger charge is 2.28. The number of fused-ring (bicyclic) bond motifs is 1. The molecule has 0 aliphatic carbocycles. The predicted octanol–water partition coefficient (Wildman–Crippen LogP) is 3.98. The van der Waals surface area contributed by atoms with Crippen molar-refractivity contribution in [3.63, 3.8) is 0 Å². The van der Waals surface area contributed by atoms with Gasteiger partial charge in [-0.1, -0.05) is 42.5 Å². The molecule has 2 aromatic carbocycles. The standard InChI is InChI=1S/C17H16N/c1-13-16(12-14-8-4-3-5-9-14)15-10-6-7-11-17(15)18(13)2/h3-12H,1-2H3/q+1/b16-12-. The largest absolute Gasteiger partial charge is 0.213 e. The van der Waals surface area contributed by atoms with Crippen LogP contribution in [-0.2, 0) is 0 Å². The third kappa shape index (κ3) is 1.68. The molecule has 0 saturated heterocycles. The van der Waals surface area contributed by atoms with Crippen LogP contribution < -0.4 is 0 Å². The molecule has 0 fully saturated rings. The Kier molecular flexibility index (Phi) is 2.60. The molecule has 1 aliphatic rings. The zero-order valence-electron chi connectivity index (χ0n) is 10.7. The lowest BCUT2D eigenvalue weighted by Gasteiger charge is -1.97. The van der Waals surface area contributed by atoms with E-state index in [9.17, 15) is 0 Å². The lowest BCUT2D eigenvalue weighted by Crippen LogP contribution is -2.02. The van der Waals surface area contributed by atoms with Crippen LogP contribution in [0.25, 0.3) is 11.6 Å². The molecule has 0 aromatic heterocycles. The zero-order valence-corrected chi connectivity index (χ0v) is 10.7. The highest BCUT2D eigenvalue weighted by molar-refractivity contribution is 6.28. The van der Waals surface area contributed by atoms with Gasteiger partial charge in [0.25, 0.3) is 0 Å². The number of para-hydroxylation sites is 1. The Morgan fingerprint density at radius 1 is 0.889 bits per heavy atom. The Bertz CT molecular complexity index is 648. The van der Waals surface area contributed by atoms with Gasteiger partial charge in [0.15, 0.2) is 5.71 Å². The minimum atomic E-state index is 1.25. The molecule has 0 radical (unpaired) electrons. The minimum Gasteiger partial charge on any atom is -0.198 e. The van der Waals surface area contributed by atoms with E-state index in [0.29, 0.717) is 0 Å². The van der Waals surface area contributed by atoms with Crippen molar-refractivity contribution in [1.82, 2.24) is 0 Å². The molecule has 0 bridgehead atoms. The van der Waals surface area contributed by atoms with Crippen LogP contribution in [0.3, 0.4) is 0 Å². The normalized spacial score (nSPS) is 16.2. The van der Waals surface area contributed by atoms with Gasteiger partial charge >= 0.3 is 0 Å². The van der Waals surface area contributed by atoms with Crippen LogP contribution in [0.15, 0.2) is 54.6 Å². The van der Waals surface area contributed by atoms with E-state index in [2.05, 4.69) is 73.2 Å². The van der Waals surface area contributed by atoms with Crippen molar-refractivity contribution in [2.45, 2.75) is 6.92 Å². The van der Waals surface area contributed by atoms with Gasteiger partial charge in [-0.15, -0.1) is 0 Å². The Morgan fingerprint density at radius 2 is 1.56 bits per heavy atom. The summed E-state index contributed by atoms with van der Waals surface area (Å²) in [5.74, 6) is 0.